The molecule has 0 saturated carbocycles. The molecule has 2 aliphatic rings. The van der Waals surface area contributed by atoms with Crippen LogP contribution in [0, 0.1) is 5.92 Å². The zero-order valence-electron chi connectivity index (χ0n) is 17.6. The minimum Gasteiger partial charge on any atom is -0.497 e. The van der Waals surface area contributed by atoms with Crippen LogP contribution in [0.4, 0.5) is 10.5 Å². The summed E-state index contributed by atoms with van der Waals surface area (Å²) >= 11 is 2.61. The molecular weight excluding hydrogens is 450 g/mol. The fourth-order valence-electron chi connectivity index (χ4n) is 3.22. The molecule has 4 rings (SSSR count). The van der Waals surface area contributed by atoms with Crippen LogP contribution in [0.1, 0.15) is 4.88 Å². The summed E-state index contributed by atoms with van der Waals surface area (Å²) in [6.07, 6.45) is 0. The number of nitrogens with one attached hydrogen (secondary N) is 1. The number of amidine groups is 2. The van der Waals surface area contributed by atoms with E-state index in [1.807, 2.05) is 17.5 Å². The number of carbonyl (C=O) groups excluding carboxylic acids is 3. The van der Waals surface area contributed by atoms with Crippen molar-refractivity contribution in [2.75, 3.05) is 32.3 Å². The van der Waals surface area contributed by atoms with E-state index in [4.69, 9.17) is 4.74 Å². The smallest absolute Gasteiger partial charge is 0.445 e. The Labute approximate surface area is 192 Å². The van der Waals surface area contributed by atoms with Crippen LogP contribution in [-0.4, -0.2) is 71.0 Å². The number of nitrogens with zero attached hydrogens (tertiary/aromatic N) is 4. The second kappa shape index (κ2) is 9.05. The molecule has 3 heterocycles. The average Bonchev–Trinajstić information content (AvgIpc) is 3.35. The summed E-state index contributed by atoms with van der Waals surface area (Å²) in [4.78, 5) is 48.8. The van der Waals surface area contributed by atoms with Crippen molar-refractivity contribution in [2.24, 2.45) is 15.9 Å². The number of ether oxygens (including phenoxy) is 1. The zero-order chi connectivity index (χ0) is 22.8. The highest BCUT2D eigenvalue weighted by Crippen LogP contribution is 2.27. The lowest BCUT2D eigenvalue weighted by molar-refractivity contribution is -0.407. The summed E-state index contributed by atoms with van der Waals surface area (Å²) < 4.78 is 6.47. The van der Waals surface area contributed by atoms with Crippen molar-refractivity contribution in [1.82, 2.24) is 4.90 Å². The summed E-state index contributed by atoms with van der Waals surface area (Å²) in [5, 5.41) is 5.14. The van der Waals surface area contributed by atoms with Crippen LogP contribution in [-0.2, 0) is 9.59 Å². The van der Waals surface area contributed by atoms with Gasteiger partial charge in [-0.1, -0.05) is 22.8 Å². The van der Waals surface area contributed by atoms with Gasteiger partial charge in [-0.25, -0.2) is 9.79 Å². The lowest BCUT2D eigenvalue weighted by Crippen LogP contribution is -2.54. The third kappa shape index (κ3) is 4.21. The molecule has 2 aliphatic heterocycles. The standard InChI is InChI=1S/C21H19N5O4S2/c1-25-18-16(20(28)26(2)21(25)29)19(24-17(23-18)14-5-4-10-31-14)32-11-15(27)22-12-6-8-13(30-3)9-7-12/h4-10,16H,11H2,1-3H3/p+1. The maximum atomic E-state index is 12.9. The molecular formula is C21H20N5O4S2+. The maximum absolute atomic E-state index is 12.9. The number of hydrogen-bond acceptors (Lipinski definition) is 8. The predicted molar refractivity (Wildman–Crippen MR) is 125 cm³/mol. The van der Waals surface area contributed by atoms with Gasteiger partial charge < -0.3 is 10.1 Å². The highest BCUT2D eigenvalue weighted by atomic mass is 32.2. The van der Waals surface area contributed by atoms with Gasteiger partial charge in [0.05, 0.1) is 31.8 Å². The average molecular weight is 471 g/mol. The number of imide groups is 1. The van der Waals surface area contributed by atoms with E-state index in [2.05, 4.69) is 15.3 Å². The van der Waals surface area contributed by atoms with Gasteiger partial charge in [0.2, 0.25) is 11.7 Å². The molecule has 0 fully saturated rings. The molecule has 0 saturated heterocycles. The van der Waals surface area contributed by atoms with Crippen molar-refractivity contribution < 1.29 is 23.7 Å². The quantitative estimate of drug-likeness (QED) is 0.677. The van der Waals surface area contributed by atoms with Gasteiger partial charge in [0.1, 0.15) is 10.8 Å². The van der Waals surface area contributed by atoms with Crippen LogP contribution in [0.3, 0.4) is 0 Å². The van der Waals surface area contributed by atoms with Crippen molar-refractivity contribution >= 4 is 63.3 Å². The molecule has 32 heavy (non-hydrogen) atoms. The first-order valence-electron chi connectivity index (χ1n) is 9.59. The molecule has 1 N–H and O–H groups in total. The zero-order valence-corrected chi connectivity index (χ0v) is 19.2. The summed E-state index contributed by atoms with van der Waals surface area (Å²) in [7, 11) is 4.57. The van der Waals surface area contributed by atoms with Crippen molar-refractivity contribution in [3.8, 4) is 5.75 Å². The minimum absolute atomic E-state index is 0.0427. The number of carbonyl (C=O) groups is 3. The molecule has 0 spiro atoms. The number of amides is 4. The molecule has 0 radical (unpaired) electrons. The number of benzene rings is 1. The Hall–Kier alpha value is -3.31. The Balaban J connectivity index is 1.58. The van der Waals surface area contributed by atoms with E-state index in [9.17, 15) is 14.4 Å². The Morgan fingerprint density at radius 3 is 2.66 bits per heavy atom. The normalized spacial score (nSPS) is 18.2. The van der Waals surface area contributed by atoms with Crippen LogP contribution < -0.4 is 10.1 Å². The van der Waals surface area contributed by atoms with Crippen LogP contribution in [0.25, 0.3) is 0 Å². The number of anilines is 1. The van der Waals surface area contributed by atoms with Crippen molar-refractivity contribution in [2.45, 2.75) is 0 Å². The van der Waals surface area contributed by atoms with Gasteiger partial charge in [0.15, 0.2) is 5.92 Å². The monoisotopic (exact) mass is 470 g/mol. The van der Waals surface area contributed by atoms with Gasteiger partial charge in [-0.15, -0.1) is 11.3 Å². The minimum atomic E-state index is -0.829. The molecule has 1 aromatic carbocycles. The van der Waals surface area contributed by atoms with Crippen LogP contribution in [0.5, 0.6) is 5.75 Å². The molecule has 1 atom stereocenters. The third-order valence-electron chi connectivity index (χ3n) is 4.90. The second-order valence-corrected chi connectivity index (χ2v) is 8.90. The fraction of sp³-hybridized carbons (Fsp3) is 0.238. The molecule has 11 heteroatoms. The number of aliphatic imine (C=N–C) groups is 2. The van der Waals surface area contributed by atoms with Gasteiger partial charge in [-0.05, 0) is 35.7 Å². The van der Waals surface area contributed by atoms with Crippen molar-refractivity contribution in [1.29, 1.82) is 0 Å². The topological polar surface area (TPSA) is 103 Å². The first-order valence-corrected chi connectivity index (χ1v) is 11.5. The molecule has 1 unspecified atom stereocenters. The van der Waals surface area contributed by atoms with E-state index >= 15 is 0 Å². The molecule has 4 amide bonds. The van der Waals surface area contributed by atoms with E-state index in [-0.39, 0.29) is 11.7 Å². The largest absolute Gasteiger partial charge is 0.497 e. The number of hydrogen-bond donors (Lipinski definition) is 1. The van der Waals surface area contributed by atoms with Gasteiger partial charge in [0, 0.05) is 5.69 Å². The molecule has 164 valence electrons. The summed E-state index contributed by atoms with van der Waals surface area (Å²) in [6.45, 7) is 0. The van der Waals surface area contributed by atoms with E-state index < -0.39 is 17.9 Å². The van der Waals surface area contributed by atoms with Crippen molar-refractivity contribution in [3.05, 3.63) is 46.7 Å². The summed E-state index contributed by atoms with van der Waals surface area (Å²) in [5.74, 6) is -0.0253. The van der Waals surface area contributed by atoms with Gasteiger partial charge in [-0.3, -0.25) is 9.59 Å². The number of methoxy groups -OCH3 is 1. The predicted octanol–water partition coefficient (Wildman–Crippen LogP) is 2.54. The SMILES string of the molecule is COc1ccc(NC(=O)CSC2=NC(c3cccs3)=NC3=[N+](C)C(=O)N(C)C(=O)C23)cc1. The van der Waals surface area contributed by atoms with E-state index in [0.29, 0.717) is 28.2 Å². The van der Waals surface area contributed by atoms with Gasteiger partial charge in [0.25, 0.3) is 5.84 Å². The Morgan fingerprint density at radius 1 is 1.25 bits per heavy atom. The fourth-order valence-corrected chi connectivity index (χ4v) is 4.75. The number of rotatable bonds is 5. The van der Waals surface area contributed by atoms with E-state index in [1.54, 1.807) is 38.4 Å². The Bertz CT molecular complexity index is 1170. The van der Waals surface area contributed by atoms with Crippen LogP contribution in [0.15, 0.2) is 51.8 Å². The molecule has 2 aromatic rings. The molecule has 0 aliphatic carbocycles. The highest BCUT2D eigenvalue weighted by molar-refractivity contribution is 8.14. The number of thioether (sulfide) groups is 1. The summed E-state index contributed by atoms with van der Waals surface area (Å²) in [5.41, 5.74) is 0.633. The van der Waals surface area contributed by atoms with Gasteiger partial charge >= 0.3 is 11.9 Å². The Kier molecular flexibility index (Phi) is 6.19. The van der Waals surface area contributed by atoms with Gasteiger partial charge in [-0.2, -0.15) is 9.48 Å². The first kappa shape index (κ1) is 21.9. The Morgan fingerprint density at radius 2 is 2.00 bits per heavy atom. The number of fused-ring (bicyclic) bond motifs is 1. The maximum Gasteiger partial charge on any atom is 0.445 e. The first-order chi connectivity index (χ1) is 15.4. The molecule has 9 nitrogen and oxygen atoms in total. The van der Waals surface area contributed by atoms with Crippen LogP contribution in [0.2, 0.25) is 0 Å². The van der Waals surface area contributed by atoms with Crippen LogP contribution >= 0.6 is 23.1 Å². The second-order valence-electron chi connectivity index (χ2n) is 6.96. The lowest BCUT2D eigenvalue weighted by Gasteiger charge is -2.26. The molecule has 1 aromatic heterocycles. The summed E-state index contributed by atoms with van der Waals surface area (Å²) in [6, 6.07) is 10.3. The van der Waals surface area contributed by atoms with E-state index in [0.717, 1.165) is 21.5 Å². The third-order valence-corrected chi connectivity index (χ3v) is 6.80. The van der Waals surface area contributed by atoms with Crippen molar-refractivity contribution in [3.63, 3.8) is 0 Å². The molecule has 0 bridgehead atoms. The highest BCUT2D eigenvalue weighted by Gasteiger charge is 2.49. The number of urea groups is 1. The van der Waals surface area contributed by atoms with E-state index in [1.165, 1.54) is 23.0 Å². The lowest BCUT2D eigenvalue weighted by atomic mass is 10.0. The number of thiophene rings is 1.